The van der Waals surface area contributed by atoms with Gasteiger partial charge in [-0.15, -0.1) is 11.3 Å². The van der Waals surface area contributed by atoms with E-state index in [1.165, 1.54) is 17.4 Å². The number of hydrogen-bond donors (Lipinski definition) is 0. The molecular formula is C18H15NO4S. The second kappa shape index (κ2) is 8.65. The second-order valence-electron chi connectivity index (χ2n) is 4.61. The van der Waals surface area contributed by atoms with Gasteiger partial charge in [-0.3, -0.25) is 4.79 Å². The molecule has 5 nitrogen and oxygen atoms in total. The molecular weight excluding hydrogens is 326 g/mol. The van der Waals surface area contributed by atoms with Gasteiger partial charge in [0, 0.05) is 5.56 Å². The van der Waals surface area contributed by atoms with Crippen LogP contribution in [0.1, 0.15) is 22.2 Å². The Morgan fingerprint density at radius 2 is 2.04 bits per heavy atom. The molecule has 1 aromatic carbocycles. The summed E-state index contributed by atoms with van der Waals surface area (Å²) in [6.07, 6.45) is 1.46. The van der Waals surface area contributed by atoms with Crippen LogP contribution in [0.2, 0.25) is 0 Å². The summed E-state index contributed by atoms with van der Waals surface area (Å²) < 4.78 is 10.2. The van der Waals surface area contributed by atoms with Crippen LogP contribution >= 0.6 is 11.3 Å². The van der Waals surface area contributed by atoms with Gasteiger partial charge < -0.3 is 9.47 Å². The van der Waals surface area contributed by atoms with Gasteiger partial charge in [0.05, 0.1) is 11.5 Å². The number of carbonyl (C=O) groups excluding carboxylic acids is 2. The van der Waals surface area contributed by atoms with Crippen LogP contribution in [-0.4, -0.2) is 25.0 Å². The Hall–Kier alpha value is -2.91. The summed E-state index contributed by atoms with van der Waals surface area (Å²) in [6.45, 7) is 1.75. The van der Waals surface area contributed by atoms with Gasteiger partial charge in [0.2, 0.25) is 5.78 Å². The molecule has 0 saturated heterocycles. The molecule has 6 heteroatoms. The van der Waals surface area contributed by atoms with Gasteiger partial charge in [0.15, 0.2) is 6.61 Å². The zero-order valence-corrected chi connectivity index (χ0v) is 13.8. The lowest BCUT2D eigenvalue weighted by atomic mass is 10.1. The molecule has 0 bridgehead atoms. The summed E-state index contributed by atoms with van der Waals surface area (Å²) >= 11 is 1.28. The maximum Gasteiger partial charge on any atom is 0.344 e. The van der Waals surface area contributed by atoms with Crippen molar-refractivity contribution in [2.24, 2.45) is 0 Å². The Morgan fingerprint density at radius 3 is 2.71 bits per heavy atom. The number of rotatable bonds is 7. The van der Waals surface area contributed by atoms with E-state index in [0.29, 0.717) is 16.2 Å². The molecule has 0 N–H and O–H groups in total. The third-order valence-electron chi connectivity index (χ3n) is 2.98. The summed E-state index contributed by atoms with van der Waals surface area (Å²) in [7, 11) is 0. The first-order valence-electron chi connectivity index (χ1n) is 7.23. The molecule has 0 fully saturated rings. The highest BCUT2D eigenvalue weighted by molar-refractivity contribution is 7.12. The Kier molecular flexibility index (Phi) is 6.29. The van der Waals surface area contributed by atoms with Crippen molar-refractivity contribution in [3.05, 3.63) is 57.8 Å². The summed E-state index contributed by atoms with van der Waals surface area (Å²) in [5, 5.41) is 11.1. The van der Waals surface area contributed by atoms with Crippen LogP contribution in [0, 0.1) is 11.3 Å². The van der Waals surface area contributed by atoms with Crippen molar-refractivity contribution < 1.29 is 19.1 Å². The Balaban J connectivity index is 2.23. The molecule has 2 aromatic rings. The van der Waals surface area contributed by atoms with Crippen LogP contribution in [0.5, 0.6) is 5.75 Å². The van der Waals surface area contributed by atoms with E-state index in [1.54, 1.807) is 48.7 Å². The number of nitrogens with zero attached hydrogens (tertiary/aromatic N) is 1. The molecule has 0 atom stereocenters. The first kappa shape index (κ1) is 17.4. The van der Waals surface area contributed by atoms with Gasteiger partial charge in [-0.25, -0.2) is 4.79 Å². The monoisotopic (exact) mass is 341 g/mol. The molecule has 1 heterocycles. The number of esters is 1. The van der Waals surface area contributed by atoms with Gasteiger partial charge in [0.25, 0.3) is 0 Å². The van der Waals surface area contributed by atoms with Gasteiger partial charge in [-0.2, -0.15) is 5.26 Å². The van der Waals surface area contributed by atoms with Crippen molar-refractivity contribution in [2.45, 2.75) is 6.92 Å². The highest BCUT2D eigenvalue weighted by Gasteiger charge is 2.14. The predicted octanol–water partition coefficient (Wildman–Crippen LogP) is 3.48. The number of Topliss-reactive ketones (excluding diaryl/α,β-unsaturated/α-hetero) is 1. The molecule has 24 heavy (non-hydrogen) atoms. The van der Waals surface area contributed by atoms with Crippen molar-refractivity contribution in [3.8, 4) is 11.8 Å². The van der Waals surface area contributed by atoms with Crippen LogP contribution in [0.3, 0.4) is 0 Å². The first-order valence-corrected chi connectivity index (χ1v) is 8.11. The summed E-state index contributed by atoms with van der Waals surface area (Å²) in [5.74, 6) is -0.420. The number of carbonyl (C=O) groups is 2. The first-order chi connectivity index (χ1) is 11.7. The van der Waals surface area contributed by atoms with E-state index in [4.69, 9.17) is 9.47 Å². The van der Waals surface area contributed by atoms with Crippen LogP contribution in [0.4, 0.5) is 0 Å². The van der Waals surface area contributed by atoms with E-state index < -0.39 is 5.97 Å². The van der Waals surface area contributed by atoms with Crippen molar-refractivity contribution in [1.29, 1.82) is 5.26 Å². The zero-order valence-electron chi connectivity index (χ0n) is 13.0. The minimum absolute atomic E-state index is 0.00429. The van der Waals surface area contributed by atoms with E-state index in [2.05, 4.69) is 0 Å². The lowest BCUT2D eigenvalue weighted by Gasteiger charge is -2.08. The highest BCUT2D eigenvalue weighted by Crippen LogP contribution is 2.23. The zero-order chi connectivity index (χ0) is 17.4. The quantitative estimate of drug-likeness (QED) is 0.333. The lowest BCUT2D eigenvalue weighted by molar-refractivity contribution is -0.145. The molecule has 2 rings (SSSR count). The third-order valence-corrected chi connectivity index (χ3v) is 3.85. The molecule has 1 aromatic heterocycles. The molecule has 0 saturated carbocycles. The fourth-order valence-corrected chi connectivity index (χ4v) is 2.59. The van der Waals surface area contributed by atoms with E-state index in [9.17, 15) is 14.9 Å². The number of ketones is 1. The predicted molar refractivity (Wildman–Crippen MR) is 90.8 cm³/mol. The molecule has 0 aliphatic heterocycles. The highest BCUT2D eigenvalue weighted by atomic mass is 32.1. The van der Waals surface area contributed by atoms with Gasteiger partial charge in [0.1, 0.15) is 17.4 Å². The van der Waals surface area contributed by atoms with E-state index in [1.807, 2.05) is 6.07 Å². The fraction of sp³-hybridized carbons (Fsp3) is 0.167. The molecule has 0 aliphatic rings. The number of nitriles is 1. The van der Waals surface area contributed by atoms with Crippen molar-refractivity contribution in [3.63, 3.8) is 0 Å². The van der Waals surface area contributed by atoms with Gasteiger partial charge in [-0.1, -0.05) is 24.3 Å². The van der Waals surface area contributed by atoms with Crippen molar-refractivity contribution in [2.75, 3.05) is 13.2 Å². The Bertz CT molecular complexity index is 788. The maximum absolute atomic E-state index is 12.3. The second-order valence-corrected chi connectivity index (χ2v) is 5.56. The number of thiophene rings is 1. The average molecular weight is 341 g/mol. The average Bonchev–Trinajstić information content (AvgIpc) is 3.13. The van der Waals surface area contributed by atoms with Crippen LogP contribution in [0.15, 0.2) is 47.4 Å². The largest absolute Gasteiger partial charge is 0.481 e. The van der Waals surface area contributed by atoms with Crippen LogP contribution in [0.25, 0.3) is 6.08 Å². The van der Waals surface area contributed by atoms with Crippen LogP contribution < -0.4 is 4.74 Å². The molecule has 0 spiro atoms. The number of hydrogen-bond acceptors (Lipinski definition) is 6. The number of benzene rings is 1. The molecule has 122 valence electrons. The van der Waals surface area contributed by atoms with Crippen molar-refractivity contribution >= 4 is 29.2 Å². The van der Waals surface area contributed by atoms with E-state index in [-0.39, 0.29) is 24.6 Å². The summed E-state index contributed by atoms with van der Waals surface area (Å²) in [6, 6.07) is 12.2. The smallest absolute Gasteiger partial charge is 0.344 e. The lowest BCUT2D eigenvalue weighted by Crippen LogP contribution is -2.15. The summed E-state index contributed by atoms with van der Waals surface area (Å²) in [4.78, 5) is 24.2. The third kappa shape index (κ3) is 4.54. The Morgan fingerprint density at radius 1 is 1.25 bits per heavy atom. The number of para-hydroxylation sites is 1. The van der Waals surface area contributed by atoms with Crippen molar-refractivity contribution in [1.82, 2.24) is 0 Å². The number of ether oxygens (including phenoxy) is 2. The number of allylic oxidation sites excluding steroid dienone is 1. The normalized spacial score (nSPS) is 10.8. The topological polar surface area (TPSA) is 76.4 Å². The van der Waals surface area contributed by atoms with Gasteiger partial charge >= 0.3 is 5.97 Å². The molecule has 0 radical (unpaired) electrons. The van der Waals surface area contributed by atoms with E-state index in [0.717, 1.165) is 0 Å². The minimum Gasteiger partial charge on any atom is -0.481 e. The molecule has 0 unspecified atom stereocenters. The van der Waals surface area contributed by atoms with E-state index >= 15 is 0 Å². The summed E-state index contributed by atoms with van der Waals surface area (Å²) in [5.41, 5.74) is 0.549. The fourth-order valence-electron chi connectivity index (χ4n) is 1.92. The van der Waals surface area contributed by atoms with Crippen LogP contribution in [-0.2, 0) is 9.53 Å². The SMILES string of the molecule is CCOC(=O)COc1ccccc1/C=C(\C#N)C(=O)c1cccs1. The molecule has 0 amide bonds. The van der Waals surface area contributed by atoms with Gasteiger partial charge in [-0.05, 0) is 30.5 Å². The molecule has 0 aliphatic carbocycles. The Labute approximate surface area is 143 Å². The maximum atomic E-state index is 12.3. The standard InChI is InChI=1S/C18H15NO4S/c1-2-22-17(20)12-23-15-7-4-3-6-13(15)10-14(11-19)18(21)16-8-5-9-24-16/h3-10H,2,12H2,1H3/b14-10+. The minimum atomic E-state index is -0.480.